The van der Waals surface area contributed by atoms with E-state index in [0.29, 0.717) is 5.95 Å². The van der Waals surface area contributed by atoms with E-state index in [9.17, 15) is 0 Å². The zero-order valence-electron chi connectivity index (χ0n) is 7.70. The van der Waals surface area contributed by atoms with Gasteiger partial charge >= 0.3 is 0 Å². The van der Waals surface area contributed by atoms with Gasteiger partial charge in [0.25, 0.3) is 0 Å². The highest BCUT2D eigenvalue weighted by molar-refractivity contribution is 5.79. The summed E-state index contributed by atoms with van der Waals surface area (Å²) >= 11 is 0. The average molecular weight is 173 g/mol. The van der Waals surface area contributed by atoms with Gasteiger partial charge in [0, 0.05) is 18.6 Å². The second-order valence-corrected chi connectivity index (χ2v) is 3.01. The third-order valence-electron chi connectivity index (χ3n) is 1.96. The zero-order valence-corrected chi connectivity index (χ0v) is 7.70. The largest absolute Gasteiger partial charge is 0.357 e. The number of hydrogen-bond acceptors (Lipinski definition) is 3. The molecular weight excluding hydrogens is 162 g/mol. The highest BCUT2D eigenvalue weighted by Crippen LogP contribution is 2.13. The molecule has 0 saturated heterocycles. The number of fused-ring (bicyclic) bond motifs is 1. The lowest BCUT2D eigenvalue weighted by Crippen LogP contribution is -1.95. The molecule has 0 spiro atoms. The van der Waals surface area contributed by atoms with E-state index in [4.69, 9.17) is 0 Å². The maximum absolute atomic E-state index is 4.33. The quantitative estimate of drug-likeness (QED) is 0.716. The van der Waals surface area contributed by atoms with E-state index in [-0.39, 0.29) is 0 Å². The third-order valence-corrected chi connectivity index (χ3v) is 1.96. The van der Waals surface area contributed by atoms with Gasteiger partial charge in [0.15, 0.2) is 0 Å². The van der Waals surface area contributed by atoms with Crippen molar-refractivity contribution < 1.29 is 0 Å². The van der Waals surface area contributed by atoms with E-state index < -0.39 is 0 Å². The monoisotopic (exact) mass is 173 g/mol. The van der Waals surface area contributed by atoms with Gasteiger partial charge < -0.3 is 5.32 Å². The zero-order chi connectivity index (χ0) is 9.26. The topological polar surface area (TPSA) is 37.8 Å². The van der Waals surface area contributed by atoms with E-state index in [1.807, 2.05) is 19.3 Å². The fourth-order valence-corrected chi connectivity index (χ4v) is 1.25. The molecule has 3 heteroatoms. The van der Waals surface area contributed by atoms with E-state index in [1.54, 1.807) is 0 Å². The van der Waals surface area contributed by atoms with Crippen LogP contribution in [0.4, 0.5) is 5.95 Å². The number of hydrogen-bond donors (Lipinski definition) is 1. The van der Waals surface area contributed by atoms with Crippen LogP contribution in [0.1, 0.15) is 5.56 Å². The van der Waals surface area contributed by atoms with Gasteiger partial charge in [0.2, 0.25) is 5.95 Å². The van der Waals surface area contributed by atoms with E-state index >= 15 is 0 Å². The summed E-state index contributed by atoms with van der Waals surface area (Å²) in [6.45, 7) is 2.06. The van der Waals surface area contributed by atoms with Crippen LogP contribution >= 0.6 is 0 Å². The Balaban J connectivity index is 2.68. The number of rotatable bonds is 1. The molecule has 2 aromatic rings. The molecule has 66 valence electrons. The second-order valence-electron chi connectivity index (χ2n) is 3.01. The van der Waals surface area contributed by atoms with Crippen LogP contribution in [0.2, 0.25) is 0 Å². The van der Waals surface area contributed by atoms with Crippen LogP contribution in [0.5, 0.6) is 0 Å². The molecule has 0 radical (unpaired) electrons. The maximum Gasteiger partial charge on any atom is 0.222 e. The number of benzene rings is 1. The minimum absolute atomic E-state index is 0.665. The van der Waals surface area contributed by atoms with Gasteiger partial charge in [0.1, 0.15) is 0 Å². The molecule has 3 nitrogen and oxygen atoms in total. The number of anilines is 1. The summed E-state index contributed by atoms with van der Waals surface area (Å²) in [5.74, 6) is 0.665. The third kappa shape index (κ3) is 1.45. The van der Waals surface area contributed by atoms with Crippen LogP contribution in [0.15, 0.2) is 24.4 Å². The summed E-state index contributed by atoms with van der Waals surface area (Å²) in [6, 6.07) is 6.15. The van der Waals surface area contributed by atoms with Crippen molar-refractivity contribution in [3.63, 3.8) is 0 Å². The van der Waals surface area contributed by atoms with E-state index in [0.717, 1.165) is 10.9 Å². The molecular formula is C10H11N3. The molecule has 0 aliphatic rings. The Labute approximate surface area is 76.8 Å². The molecule has 0 fully saturated rings. The van der Waals surface area contributed by atoms with Crippen LogP contribution in [0.3, 0.4) is 0 Å². The molecule has 13 heavy (non-hydrogen) atoms. The lowest BCUT2D eigenvalue weighted by atomic mass is 10.2. The van der Waals surface area contributed by atoms with Gasteiger partial charge in [-0.2, -0.15) is 0 Å². The smallest absolute Gasteiger partial charge is 0.222 e. The van der Waals surface area contributed by atoms with E-state index in [1.165, 1.54) is 5.56 Å². The van der Waals surface area contributed by atoms with Crippen molar-refractivity contribution in [2.45, 2.75) is 6.92 Å². The van der Waals surface area contributed by atoms with Gasteiger partial charge in [-0.05, 0) is 18.6 Å². The summed E-state index contributed by atoms with van der Waals surface area (Å²) in [5, 5.41) is 3.99. The summed E-state index contributed by atoms with van der Waals surface area (Å²) < 4.78 is 0. The minimum Gasteiger partial charge on any atom is -0.357 e. The molecule has 1 aromatic carbocycles. The van der Waals surface area contributed by atoms with Crippen LogP contribution in [-0.4, -0.2) is 17.0 Å². The summed E-state index contributed by atoms with van der Waals surface area (Å²) in [5.41, 5.74) is 2.20. The van der Waals surface area contributed by atoms with Crippen molar-refractivity contribution in [2.75, 3.05) is 12.4 Å². The molecule has 0 aliphatic carbocycles. The Kier molecular flexibility index (Phi) is 1.85. The molecule has 1 heterocycles. The van der Waals surface area contributed by atoms with Crippen molar-refractivity contribution in [1.29, 1.82) is 0 Å². The lowest BCUT2D eigenvalue weighted by Gasteiger charge is -2.01. The molecule has 1 N–H and O–H groups in total. The predicted molar refractivity (Wildman–Crippen MR) is 53.8 cm³/mol. The summed E-state index contributed by atoms with van der Waals surface area (Å²) in [6.07, 6.45) is 1.83. The van der Waals surface area contributed by atoms with Crippen LogP contribution in [0.25, 0.3) is 10.9 Å². The SMILES string of the molecule is CNc1ncc2ccc(C)cc2n1. The van der Waals surface area contributed by atoms with Gasteiger partial charge in [0.05, 0.1) is 5.52 Å². The first kappa shape index (κ1) is 7.98. The second kappa shape index (κ2) is 3.01. The first-order valence-corrected chi connectivity index (χ1v) is 4.21. The molecule has 0 bridgehead atoms. The number of aryl methyl sites for hydroxylation is 1. The van der Waals surface area contributed by atoms with Crippen molar-refractivity contribution in [3.05, 3.63) is 30.0 Å². The molecule has 0 unspecified atom stereocenters. The maximum atomic E-state index is 4.33. The molecule has 0 saturated carbocycles. The predicted octanol–water partition coefficient (Wildman–Crippen LogP) is 1.98. The van der Waals surface area contributed by atoms with Crippen molar-refractivity contribution >= 4 is 16.9 Å². The Morgan fingerprint density at radius 3 is 2.92 bits per heavy atom. The first-order chi connectivity index (χ1) is 6.29. The van der Waals surface area contributed by atoms with E-state index in [2.05, 4.69) is 34.3 Å². The number of nitrogens with one attached hydrogen (secondary N) is 1. The highest BCUT2D eigenvalue weighted by atomic mass is 15.1. The van der Waals surface area contributed by atoms with Gasteiger partial charge in [-0.3, -0.25) is 0 Å². The summed E-state index contributed by atoms with van der Waals surface area (Å²) in [4.78, 5) is 8.47. The van der Waals surface area contributed by atoms with Gasteiger partial charge in [-0.1, -0.05) is 12.1 Å². The number of aromatic nitrogens is 2. The Morgan fingerprint density at radius 2 is 2.15 bits per heavy atom. The van der Waals surface area contributed by atoms with Gasteiger partial charge in [-0.25, -0.2) is 9.97 Å². The Bertz CT molecular complexity index is 437. The molecule has 0 atom stereocenters. The van der Waals surface area contributed by atoms with Crippen molar-refractivity contribution in [1.82, 2.24) is 9.97 Å². The molecule has 0 amide bonds. The highest BCUT2D eigenvalue weighted by Gasteiger charge is 1.97. The molecule has 1 aromatic heterocycles. The fourth-order valence-electron chi connectivity index (χ4n) is 1.25. The standard InChI is InChI=1S/C10H11N3/c1-7-3-4-8-6-12-10(11-2)13-9(8)5-7/h3-6H,1-2H3,(H,11,12,13). The Morgan fingerprint density at radius 1 is 1.31 bits per heavy atom. The first-order valence-electron chi connectivity index (χ1n) is 4.21. The van der Waals surface area contributed by atoms with Crippen molar-refractivity contribution in [2.24, 2.45) is 0 Å². The number of nitrogens with zero attached hydrogens (tertiary/aromatic N) is 2. The van der Waals surface area contributed by atoms with Crippen LogP contribution in [0, 0.1) is 6.92 Å². The molecule has 0 aliphatic heterocycles. The lowest BCUT2D eigenvalue weighted by molar-refractivity contribution is 1.19. The minimum atomic E-state index is 0.665. The van der Waals surface area contributed by atoms with Crippen molar-refractivity contribution in [3.8, 4) is 0 Å². The molecule has 2 rings (SSSR count). The fraction of sp³-hybridized carbons (Fsp3) is 0.200. The van der Waals surface area contributed by atoms with Gasteiger partial charge in [-0.15, -0.1) is 0 Å². The van der Waals surface area contributed by atoms with Crippen LogP contribution in [-0.2, 0) is 0 Å². The average Bonchev–Trinajstić information content (AvgIpc) is 2.16. The van der Waals surface area contributed by atoms with Crippen LogP contribution < -0.4 is 5.32 Å². The summed E-state index contributed by atoms with van der Waals surface area (Å²) in [7, 11) is 1.82. The Hall–Kier alpha value is -1.64. The normalized spacial score (nSPS) is 10.3.